The molecule has 92 valence electrons. The molecule has 5 nitrogen and oxygen atoms in total. The van der Waals surface area contributed by atoms with Gasteiger partial charge in [0, 0.05) is 30.3 Å². The highest BCUT2D eigenvalue weighted by molar-refractivity contribution is 7.98. The Morgan fingerprint density at radius 3 is 3.06 bits per heavy atom. The topological polar surface area (TPSA) is 63.8 Å². The molecule has 17 heavy (non-hydrogen) atoms. The summed E-state index contributed by atoms with van der Waals surface area (Å²) >= 11 is 3.20. The lowest BCUT2D eigenvalue weighted by Gasteiger charge is -1.96. The van der Waals surface area contributed by atoms with Crippen molar-refractivity contribution in [1.29, 1.82) is 0 Å². The molecule has 2 rings (SSSR count). The molecule has 0 amide bonds. The molecule has 0 aliphatic rings. The molecule has 0 atom stereocenters. The number of rotatable bonds is 6. The molecule has 0 radical (unpaired) electrons. The van der Waals surface area contributed by atoms with E-state index in [1.807, 2.05) is 6.20 Å². The van der Waals surface area contributed by atoms with E-state index in [1.165, 1.54) is 16.6 Å². The van der Waals surface area contributed by atoms with Gasteiger partial charge >= 0.3 is 0 Å². The SMILES string of the molecule is CCCNc1ncc(CSc2nnc(C)o2)s1. The molecule has 0 fully saturated rings. The van der Waals surface area contributed by atoms with Crippen molar-refractivity contribution >= 4 is 28.2 Å². The molecule has 0 bridgehead atoms. The lowest BCUT2D eigenvalue weighted by atomic mass is 10.5. The third-order valence-corrected chi connectivity index (χ3v) is 3.93. The van der Waals surface area contributed by atoms with Crippen molar-refractivity contribution in [3.63, 3.8) is 0 Å². The van der Waals surface area contributed by atoms with Crippen LogP contribution in [0.3, 0.4) is 0 Å². The van der Waals surface area contributed by atoms with Gasteiger partial charge in [0.2, 0.25) is 5.89 Å². The van der Waals surface area contributed by atoms with Crippen molar-refractivity contribution in [2.75, 3.05) is 11.9 Å². The highest BCUT2D eigenvalue weighted by atomic mass is 32.2. The second kappa shape index (κ2) is 6.02. The number of anilines is 1. The highest BCUT2D eigenvalue weighted by Crippen LogP contribution is 2.26. The van der Waals surface area contributed by atoms with E-state index in [4.69, 9.17) is 4.42 Å². The van der Waals surface area contributed by atoms with Gasteiger partial charge in [-0.25, -0.2) is 4.98 Å². The molecule has 1 N–H and O–H groups in total. The molecular weight excluding hydrogens is 256 g/mol. The maximum atomic E-state index is 5.29. The van der Waals surface area contributed by atoms with Gasteiger partial charge in [0.05, 0.1) is 0 Å². The molecular formula is C10H14N4OS2. The predicted octanol–water partition coefficient (Wildman–Crippen LogP) is 2.95. The van der Waals surface area contributed by atoms with Crippen LogP contribution in [-0.2, 0) is 5.75 Å². The number of thiazole rings is 1. The van der Waals surface area contributed by atoms with Crippen molar-refractivity contribution in [2.24, 2.45) is 0 Å². The second-order valence-electron chi connectivity index (χ2n) is 3.43. The zero-order chi connectivity index (χ0) is 12.1. The molecule has 2 aromatic heterocycles. The lowest BCUT2D eigenvalue weighted by molar-refractivity contribution is 0.429. The smallest absolute Gasteiger partial charge is 0.276 e. The van der Waals surface area contributed by atoms with Crippen molar-refractivity contribution in [1.82, 2.24) is 15.2 Å². The van der Waals surface area contributed by atoms with Gasteiger partial charge in [-0.2, -0.15) is 0 Å². The fraction of sp³-hybridized carbons (Fsp3) is 0.500. The van der Waals surface area contributed by atoms with Gasteiger partial charge in [0.25, 0.3) is 5.22 Å². The van der Waals surface area contributed by atoms with Gasteiger partial charge in [0.1, 0.15) is 0 Å². The number of hydrogen-bond acceptors (Lipinski definition) is 7. The number of hydrogen-bond donors (Lipinski definition) is 1. The monoisotopic (exact) mass is 270 g/mol. The Kier molecular flexibility index (Phi) is 4.38. The molecule has 0 saturated heterocycles. The Balaban J connectivity index is 1.84. The quantitative estimate of drug-likeness (QED) is 0.814. The summed E-state index contributed by atoms with van der Waals surface area (Å²) in [7, 11) is 0. The van der Waals surface area contributed by atoms with Crippen molar-refractivity contribution in [3.05, 3.63) is 17.0 Å². The van der Waals surface area contributed by atoms with Crippen LogP contribution in [0, 0.1) is 6.92 Å². The first kappa shape index (κ1) is 12.4. The first-order valence-electron chi connectivity index (χ1n) is 5.39. The first-order valence-corrected chi connectivity index (χ1v) is 7.19. The van der Waals surface area contributed by atoms with Gasteiger partial charge in [-0.1, -0.05) is 18.7 Å². The minimum atomic E-state index is 0.599. The number of nitrogens with zero attached hydrogens (tertiary/aromatic N) is 3. The van der Waals surface area contributed by atoms with Crippen LogP contribution < -0.4 is 5.32 Å². The van der Waals surface area contributed by atoms with Crippen LogP contribution in [0.1, 0.15) is 24.1 Å². The largest absolute Gasteiger partial charge is 0.416 e. The summed E-state index contributed by atoms with van der Waals surface area (Å²) < 4.78 is 5.29. The highest BCUT2D eigenvalue weighted by Gasteiger charge is 2.06. The Bertz CT molecular complexity index is 468. The van der Waals surface area contributed by atoms with Crippen molar-refractivity contribution < 1.29 is 4.42 Å². The van der Waals surface area contributed by atoms with Gasteiger partial charge in [-0.05, 0) is 6.42 Å². The molecule has 0 saturated carbocycles. The first-order chi connectivity index (χ1) is 8.28. The van der Waals surface area contributed by atoms with Crippen LogP contribution in [0.5, 0.6) is 0 Å². The Hall–Kier alpha value is -1.08. The summed E-state index contributed by atoms with van der Waals surface area (Å²) in [4.78, 5) is 5.50. The predicted molar refractivity (Wildman–Crippen MR) is 69.5 cm³/mol. The summed E-state index contributed by atoms with van der Waals surface area (Å²) in [6.07, 6.45) is 2.99. The number of nitrogens with one attached hydrogen (secondary N) is 1. The van der Waals surface area contributed by atoms with E-state index in [0.717, 1.165) is 23.8 Å². The molecule has 0 aliphatic heterocycles. The van der Waals surface area contributed by atoms with Gasteiger partial charge in [-0.3, -0.25) is 0 Å². The molecule has 2 heterocycles. The normalized spacial score (nSPS) is 10.7. The Morgan fingerprint density at radius 2 is 2.35 bits per heavy atom. The van der Waals surface area contributed by atoms with Crippen molar-refractivity contribution in [2.45, 2.75) is 31.2 Å². The molecule has 0 aliphatic carbocycles. The standard InChI is InChI=1S/C10H14N4OS2/c1-3-4-11-9-12-5-8(17-9)6-16-10-14-13-7(2)15-10/h5H,3-4,6H2,1-2H3,(H,11,12). The van der Waals surface area contributed by atoms with Crippen LogP contribution in [0.2, 0.25) is 0 Å². The number of aryl methyl sites for hydroxylation is 1. The Labute approximate surface area is 108 Å². The van der Waals surface area contributed by atoms with E-state index in [9.17, 15) is 0 Å². The third kappa shape index (κ3) is 3.71. The van der Waals surface area contributed by atoms with Crippen LogP contribution in [0.4, 0.5) is 5.13 Å². The molecule has 0 spiro atoms. The van der Waals surface area contributed by atoms with Gasteiger partial charge in [-0.15, -0.1) is 21.5 Å². The van der Waals surface area contributed by atoms with Crippen LogP contribution in [0.15, 0.2) is 15.8 Å². The van der Waals surface area contributed by atoms with E-state index in [1.54, 1.807) is 18.3 Å². The van der Waals surface area contributed by atoms with Crippen molar-refractivity contribution in [3.8, 4) is 0 Å². The van der Waals surface area contributed by atoms with Crippen LogP contribution in [-0.4, -0.2) is 21.7 Å². The summed E-state index contributed by atoms with van der Waals surface area (Å²) in [5.74, 6) is 1.41. The van der Waals surface area contributed by atoms with E-state index in [2.05, 4.69) is 27.4 Å². The molecule has 2 aromatic rings. The second-order valence-corrected chi connectivity index (χ2v) is 5.48. The minimum absolute atomic E-state index is 0.599. The van der Waals surface area contributed by atoms with E-state index in [0.29, 0.717) is 11.1 Å². The summed E-state index contributed by atoms with van der Waals surface area (Å²) in [6.45, 7) is 4.88. The third-order valence-electron chi connectivity index (χ3n) is 1.93. The van der Waals surface area contributed by atoms with E-state index < -0.39 is 0 Å². The average molecular weight is 270 g/mol. The minimum Gasteiger partial charge on any atom is -0.416 e. The molecule has 0 aromatic carbocycles. The van der Waals surface area contributed by atoms with Gasteiger partial charge in [0.15, 0.2) is 5.13 Å². The maximum absolute atomic E-state index is 5.29. The zero-order valence-electron chi connectivity index (χ0n) is 9.77. The van der Waals surface area contributed by atoms with Crippen LogP contribution in [0.25, 0.3) is 0 Å². The van der Waals surface area contributed by atoms with Crippen LogP contribution >= 0.6 is 23.1 Å². The number of thioether (sulfide) groups is 1. The van der Waals surface area contributed by atoms with E-state index in [-0.39, 0.29) is 0 Å². The zero-order valence-corrected chi connectivity index (χ0v) is 11.4. The summed E-state index contributed by atoms with van der Waals surface area (Å²) in [5.41, 5.74) is 0. The fourth-order valence-corrected chi connectivity index (χ4v) is 2.82. The number of aromatic nitrogens is 3. The average Bonchev–Trinajstić information content (AvgIpc) is 2.93. The lowest BCUT2D eigenvalue weighted by Crippen LogP contribution is -1.97. The summed E-state index contributed by atoms with van der Waals surface area (Å²) in [6, 6.07) is 0. The van der Waals surface area contributed by atoms with Gasteiger partial charge < -0.3 is 9.73 Å². The molecule has 0 unspecified atom stereocenters. The summed E-state index contributed by atoms with van der Waals surface area (Å²) in [5, 5.41) is 12.6. The van der Waals surface area contributed by atoms with E-state index >= 15 is 0 Å². The maximum Gasteiger partial charge on any atom is 0.276 e. The molecule has 7 heteroatoms. The fourth-order valence-electron chi connectivity index (χ4n) is 1.16. The Morgan fingerprint density at radius 1 is 1.47 bits per heavy atom.